The molecule has 0 unspecified atom stereocenters. The van der Waals surface area contributed by atoms with Crippen LogP contribution in [-0.4, -0.2) is 12.1 Å². The van der Waals surface area contributed by atoms with Gasteiger partial charge in [-0.15, -0.1) is 0 Å². The average molecular weight is 386 g/mol. The molecule has 0 radical (unpaired) electrons. The van der Waals surface area contributed by atoms with Gasteiger partial charge in [-0.3, -0.25) is 0 Å². The second-order valence-electron chi connectivity index (χ2n) is 7.75. The Kier molecular flexibility index (Phi) is 7.18. The molecule has 28 heavy (non-hydrogen) atoms. The van der Waals surface area contributed by atoms with Crippen LogP contribution in [-0.2, 0) is 4.74 Å². The zero-order valence-electron chi connectivity index (χ0n) is 16.4. The number of halogens is 2. The van der Waals surface area contributed by atoms with E-state index in [9.17, 15) is 13.6 Å². The monoisotopic (exact) mass is 386 g/mol. The van der Waals surface area contributed by atoms with Gasteiger partial charge in [-0.2, -0.15) is 0 Å². The first-order valence-corrected chi connectivity index (χ1v) is 10.3. The Morgan fingerprint density at radius 2 is 1.71 bits per heavy atom. The zero-order valence-corrected chi connectivity index (χ0v) is 16.4. The summed E-state index contributed by atoms with van der Waals surface area (Å²) < 4.78 is 32.6. The highest BCUT2D eigenvalue weighted by atomic mass is 19.1. The topological polar surface area (TPSA) is 26.3 Å². The van der Waals surface area contributed by atoms with Crippen LogP contribution in [0.5, 0.6) is 0 Å². The SMILES string of the molecule is CCCCC[C@H]1CC[C@H](OC(=O)c2ccc(-c3ccc(F)cc3F)cc2)CC1. The Morgan fingerprint density at radius 1 is 1.00 bits per heavy atom. The standard InChI is InChI=1S/C24H28F2O2/c1-2-3-4-5-17-6-13-21(14-7-17)28-24(27)19-10-8-18(9-11-19)22-15-12-20(25)16-23(22)26/h8-12,15-17,21H,2-7,13-14H2,1H3/t17-,21-. The van der Waals surface area contributed by atoms with Crippen LogP contribution in [0.25, 0.3) is 11.1 Å². The summed E-state index contributed by atoms with van der Waals surface area (Å²) in [7, 11) is 0. The molecule has 0 spiro atoms. The predicted octanol–water partition coefficient (Wildman–Crippen LogP) is 6.93. The van der Waals surface area contributed by atoms with Gasteiger partial charge in [0.15, 0.2) is 0 Å². The van der Waals surface area contributed by atoms with E-state index in [4.69, 9.17) is 4.74 Å². The molecule has 1 aliphatic carbocycles. The minimum atomic E-state index is -0.619. The van der Waals surface area contributed by atoms with Crippen molar-refractivity contribution in [3.05, 3.63) is 59.7 Å². The Balaban J connectivity index is 1.53. The van der Waals surface area contributed by atoms with E-state index < -0.39 is 11.6 Å². The molecule has 0 atom stereocenters. The number of carbonyl (C=O) groups is 1. The second kappa shape index (κ2) is 9.81. The Hall–Kier alpha value is -2.23. The normalized spacial score (nSPS) is 19.4. The van der Waals surface area contributed by atoms with Gasteiger partial charge in [-0.05, 0) is 61.4 Å². The smallest absolute Gasteiger partial charge is 0.338 e. The Morgan fingerprint density at radius 3 is 2.36 bits per heavy atom. The summed E-state index contributed by atoms with van der Waals surface area (Å²) in [6.45, 7) is 2.22. The molecule has 0 amide bonds. The second-order valence-corrected chi connectivity index (χ2v) is 7.75. The number of benzene rings is 2. The van der Waals surface area contributed by atoms with Gasteiger partial charge in [0.2, 0.25) is 0 Å². The van der Waals surface area contributed by atoms with Gasteiger partial charge >= 0.3 is 5.97 Å². The van der Waals surface area contributed by atoms with Crippen molar-refractivity contribution >= 4 is 5.97 Å². The average Bonchev–Trinajstić information content (AvgIpc) is 2.70. The first kappa shape index (κ1) is 20.5. The molecule has 0 aliphatic heterocycles. The van der Waals surface area contributed by atoms with Gasteiger partial charge < -0.3 is 4.74 Å². The van der Waals surface area contributed by atoms with E-state index >= 15 is 0 Å². The summed E-state index contributed by atoms with van der Waals surface area (Å²) in [5, 5.41) is 0. The lowest BCUT2D eigenvalue weighted by Gasteiger charge is -2.28. The quantitative estimate of drug-likeness (QED) is 0.381. The molecular formula is C24H28F2O2. The van der Waals surface area contributed by atoms with Gasteiger partial charge in [0.1, 0.15) is 17.7 Å². The largest absolute Gasteiger partial charge is 0.459 e. The van der Waals surface area contributed by atoms with E-state index in [0.29, 0.717) is 16.7 Å². The molecule has 1 saturated carbocycles. The van der Waals surface area contributed by atoms with Crippen LogP contribution in [0.1, 0.15) is 68.6 Å². The molecule has 1 aliphatic rings. The maximum atomic E-state index is 13.9. The number of esters is 1. The summed E-state index contributed by atoms with van der Waals surface area (Å²) in [5.74, 6) is -0.792. The number of carbonyl (C=O) groups excluding carboxylic acids is 1. The molecule has 3 rings (SSSR count). The molecular weight excluding hydrogens is 358 g/mol. The summed E-state index contributed by atoms with van der Waals surface area (Å²) in [6.07, 6.45) is 9.25. The number of rotatable bonds is 7. The number of ether oxygens (including phenoxy) is 1. The van der Waals surface area contributed by atoms with E-state index in [2.05, 4.69) is 6.92 Å². The van der Waals surface area contributed by atoms with Crippen LogP contribution in [0.2, 0.25) is 0 Å². The Bertz CT molecular complexity index is 778. The van der Waals surface area contributed by atoms with Crippen molar-refractivity contribution in [2.75, 3.05) is 0 Å². The van der Waals surface area contributed by atoms with Gasteiger partial charge in [-0.25, -0.2) is 13.6 Å². The first-order valence-electron chi connectivity index (χ1n) is 10.3. The van der Waals surface area contributed by atoms with Crippen molar-refractivity contribution in [1.29, 1.82) is 0 Å². The molecule has 0 heterocycles. The third-order valence-corrected chi connectivity index (χ3v) is 5.65. The fourth-order valence-corrected chi connectivity index (χ4v) is 3.95. The summed E-state index contributed by atoms with van der Waals surface area (Å²) >= 11 is 0. The highest BCUT2D eigenvalue weighted by molar-refractivity contribution is 5.90. The van der Waals surface area contributed by atoms with E-state index in [1.165, 1.54) is 37.8 Å². The highest BCUT2D eigenvalue weighted by Crippen LogP contribution is 2.30. The fraction of sp³-hybridized carbons (Fsp3) is 0.458. The summed E-state index contributed by atoms with van der Waals surface area (Å²) in [6, 6.07) is 10.1. The zero-order chi connectivity index (χ0) is 19.9. The van der Waals surface area contributed by atoms with Crippen LogP contribution < -0.4 is 0 Å². The van der Waals surface area contributed by atoms with E-state index in [1.54, 1.807) is 24.3 Å². The van der Waals surface area contributed by atoms with Crippen molar-refractivity contribution in [3.8, 4) is 11.1 Å². The van der Waals surface area contributed by atoms with Crippen LogP contribution in [0.4, 0.5) is 8.78 Å². The van der Waals surface area contributed by atoms with Crippen molar-refractivity contribution in [3.63, 3.8) is 0 Å². The van der Waals surface area contributed by atoms with E-state index in [-0.39, 0.29) is 12.1 Å². The number of hydrogen-bond donors (Lipinski definition) is 0. The van der Waals surface area contributed by atoms with E-state index in [1.807, 2.05) is 0 Å². The molecule has 2 nitrogen and oxygen atoms in total. The molecule has 2 aromatic rings. The van der Waals surface area contributed by atoms with E-state index in [0.717, 1.165) is 37.7 Å². The fourth-order valence-electron chi connectivity index (χ4n) is 3.95. The van der Waals surface area contributed by atoms with Gasteiger partial charge in [0.05, 0.1) is 5.56 Å². The number of hydrogen-bond acceptors (Lipinski definition) is 2. The number of unbranched alkanes of at least 4 members (excludes halogenated alkanes) is 2. The molecule has 0 saturated heterocycles. The van der Waals surface area contributed by atoms with Gasteiger partial charge in [0.25, 0.3) is 0 Å². The summed E-state index contributed by atoms with van der Waals surface area (Å²) in [5.41, 5.74) is 1.36. The molecule has 2 aromatic carbocycles. The maximum absolute atomic E-state index is 13.9. The molecule has 0 bridgehead atoms. The van der Waals surface area contributed by atoms with Crippen LogP contribution >= 0.6 is 0 Å². The minimum absolute atomic E-state index is 0.0101. The van der Waals surface area contributed by atoms with Crippen molar-refractivity contribution < 1.29 is 18.3 Å². The van der Waals surface area contributed by atoms with Crippen LogP contribution in [0, 0.1) is 17.6 Å². The minimum Gasteiger partial charge on any atom is -0.459 e. The lowest BCUT2D eigenvalue weighted by molar-refractivity contribution is 0.0161. The lowest BCUT2D eigenvalue weighted by Crippen LogP contribution is -2.24. The third-order valence-electron chi connectivity index (χ3n) is 5.65. The van der Waals surface area contributed by atoms with Crippen molar-refractivity contribution in [1.82, 2.24) is 0 Å². The van der Waals surface area contributed by atoms with Crippen LogP contribution in [0.15, 0.2) is 42.5 Å². The van der Waals surface area contributed by atoms with Gasteiger partial charge in [-0.1, -0.05) is 44.7 Å². The van der Waals surface area contributed by atoms with Gasteiger partial charge in [0, 0.05) is 11.6 Å². The summed E-state index contributed by atoms with van der Waals surface area (Å²) in [4.78, 5) is 12.4. The third kappa shape index (κ3) is 5.40. The predicted molar refractivity (Wildman–Crippen MR) is 107 cm³/mol. The highest BCUT2D eigenvalue weighted by Gasteiger charge is 2.24. The molecule has 0 aromatic heterocycles. The first-order chi connectivity index (χ1) is 13.6. The molecule has 0 N–H and O–H groups in total. The molecule has 4 heteroatoms. The van der Waals surface area contributed by atoms with Crippen molar-refractivity contribution in [2.45, 2.75) is 64.4 Å². The van der Waals surface area contributed by atoms with Crippen molar-refractivity contribution in [2.24, 2.45) is 5.92 Å². The molecule has 150 valence electrons. The Labute approximate surface area is 165 Å². The maximum Gasteiger partial charge on any atom is 0.338 e. The molecule has 1 fully saturated rings. The van der Waals surface area contributed by atoms with Crippen LogP contribution in [0.3, 0.4) is 0 Å². The lowest BCUT2D eigenvalue weighted by atomic mass is 9.84.